The highest BCUT2D eigenvalue weighted by Gasteiger charge is 2.28. The highest BCUT2D eigenvalue weighted by atomic mass is 16.4. The van der Waals surface area contributed by atoms with Gasteiger partial charge in [0, 0.05) is 31.7 Å². The third-order valence-electron chi connectivity index (χ3n) is 3.11. The zero-order valence-corrected chi connectivity index (χ0v) is 11.2. The number of rotatable bonds is 7. The van der Waals surface area contributed by atoms with Crippen LogP contribution >= 0.6 is 0 Å². The van der Waals surface area contributed by atoms with Crippen molar-refractivity contribution in [3.05, 3.63) is 29.6 Å². The monoisotopic (exact) mass is 277 g/mol. The van der Waals surface area contributed by atoms with Gasteiger partial charge in [0.1, 0.15) is 5.69 Å². The van der Waals surface area contributed by atoms with E-state index in [4.69, 9.17) is 10.9 Å². The fourth-order valence-corrected chi connectivity index (χ4v) is 1.85. The summed E-state index contributed by atoms with van der Waals surface area (Å²) in [7, 11) is 0. The summed E-state index contributed by atoms with van der Waals surface area (Å²) in [4.78, 5) is 15.5. The lowest BCUT2D eigenvalue weighted by atomic mass is 10.2. The van der Waals surface area contributed by atoms with Gasteiger partial charge in [-0.05, 0) is 24.5 Å². The van der Waals surface area contributed by atoms with Crippen molar-refractivity contribution >= 4 is 11.7 Å². The van der Waals surface area contributed by atoms with Crippen molar-refractivity contribution in [2.45, 2.75) is 19.4 Å². The smallest absolute Gasteiger partial charge is 0.223 e. The largest absolute Gasteiger partial charge is 0.409 e. The fourth-order valence-electron chi connectivity index (χ4n) is 1.85. The average Bonchev–Trinajstić information content (AvgIpc) is 3.31. The molecule has 0 saturated heterocycles. The van der Waals surface area contributed by atoms with Crippen LogP contribution in [0.1, 0.15) is 24.1 Å². The molecule has 1 aliphatic carbocycles. The van der Waals surface area contributed by atoms with Gasteiger partial charge in [0.15, 0.2) is 5.84 Å². The first-order valence-corrected chi connectivity index (χ1v) is 6.62. The van der Waals surface area contributed by atoms with E-state index in [0.717, 1.165) is 18.4 Å². The number of nitrogens with one attached hydrogen (secondary N) is 2. The van der Waals surface area contributed by atoms with Gasteiger partial charge in [0.05, 0.1) is 0 Å². The molecule has 1 fully saturated rings. The quantitative estimate of drug-likeness (QED) is 0.181. The number of hydrogen-bond donors (Lipinski definition) is 4. The summed E-state index contributed by atoms with van der Waals surface area (Å²) in [5.74, 6) is 0.371. The van der Waals surface area contributed by atoms with Crippen LogP contribution in [0, 0.1) is 5.92 Å². The SMILES string of the molecule is N/C(=N/O)c1ncccc1CNCCNC(=O)C1CC1. The Balaban J connectivity index is 1.74. The highest BCUT2D eigenvalue weighted by molar-refractivity contribution is 5.96. The number of hydrogen-bond acceptors (Lipinski definition) is 5. The van der Waals surface area contributed by atoms with E-state index in [-0.39, 0.29) is 17.7 Å². The van der Waals surface area contributed by atoms with Crippen LogP contribution < -0.4 is 16.4 Å². The number of amides is 1. The third kappa shape index (κ3) is 3.92. The summed E-state index contributed by atoms with van der Waals surface area (Å²) in [5.41, 5.74) is 6.86. The number of carbonyl (C=O) groups excluding carboxylic acids is 1. The minimum atomic E-state index is -0.00978. The van der Waals surface area contributed by atoms with Gasteiger partial charge in [0.2, 0.25) is 5.91 Å². The molecule has 1 aromatic rings. The van der Waals surface area contributed by atoms with Crippen LogP contribution in [0.5, 0.6) is 0 Å². The molecule has 0 atom stereocenters. The van der Waals surface area contributed by atoms with Crippen LogP contribution in [0.25, 0.3) is 0 Å². The highest BCUT2D eigenvalue weighted by Crippen LogP contribution is 2.28. The van der Waals surface area contributed by atoms with Crippen LogP contribution in [0.4, 0.5) is 0 Å². The molecular weight excluding hydrogens is 258 g/mol. The van der Waals surface area contributed by atoms with Crippen molar-refractivity contribution in [2.24, 2.45) is 16.8 Å². The summed E-state index contributed by atoms with van der Waals surface area (Å²) in [6, 6.07) is 3.65. The number of oxime groups is 1. The number of amidine groups is 1. The lowest BCUT2D eigenvalue weighted by Crippen LogP contribution is -2.32. The van der Waals surface area contributed by atoms with Crippen LogP contribution in [-0.2, 0) is 11.3 Å². The summed E-state index contributed by atoms with van der Waals surface area (Å²) in [6.07, 6.45) is 3.61. The molecule has 0 bridgehead atoms. The maximum atomic E-state index is 11.4. The van der Waals surface area contributed by atoms with Gasteiger partial charge >= 0.3 is 0 Å². The first-order chi connectivity index (χ1) is 9.72. The second kappa shape index (κ2) is 6.85. The maximum absolute atomic E-state index is 11.4. The van der Waals surface area contributed by atoms with E-state index in [0.29, 0.717) is 25.3 Å². The van der Waals surface area contributed by atoms with Crippen molar-refractivity contribution in [2.75, 3.05) is 13.1 Å². The lowest BCUT2D eigenvalue weighted by molar-refractivity contribution is -0.122. The van der Waals surface area contributed by atoms with E-state index in [2.05, 4.69) is 20.8 Å². The first-order valence-electron chi connectivity index (χ1n) is 6.62. The standard InChI is InChI=1S/C13H19N5O2/c14-12(18-20)11-10(2-1-5-16-11)8-15-6-7-17-13(19)9-3-4-9/h1-2,5,9,15,20H,3-4,6-8H2,(H2,14,18)(H,17,19). The predicted molar refractivity (Wildman–Crippen MR) is 74.2 cm³/mol. The van der Waals surface area contributed by atoms with E-state index >= 15 is 0 Å². The van der Waals surface area contributed by atoms with Crippen molar-refractivity contribution in [3.63, 3.8) is 0 Å². The molecule has 20 heavy (non-hydrogen) atoms. The molecule has 1 amide bonds. The Bertz CT molecular complexity index is 499. The van der Waals surface area contributed by atoms with Crippen LogP contribution in [-0.4, -0.2) is 35.0 Å². The topological polar surface area (TPSA) is 113 Å². The minimum absolute atomic E-state index is 0.00978. The Morgan fingerprint density at radius 3 is 3.00 bits per heavy atom. The minimum Gasteiger partial charge on any atom is -0.409 e. The Morgan fingerprint density at radius 1 is 1.50 bits per heavy atom. The molecule has 7 heteroatoms. The molecule has 108 valence electrons. The molecule has 0 unspecified atom stereocenters. The third-order valence-corrected chi connectivity index (χ3v) is 3.11. The average molecular weight is 277 g/mol. The number of carbonyl (C=O) groups is 1. The first kappa shape index (κ1) is 14.3. The molecule has 7 nitrogen and oxygen atoms in total. The Hall–Kier alpha value is -2.15. The van der Waals surface area contributed by atoms with Crippen molar-refractivity contribution in [1.82, 2.24) is 15.6 Å². The zero-order valence-electron chi connectivity index (χ0n) is 11.2. The van der Waals surface area contributed by atoms with Crippen molar-refractivity contribution in [3.8, 4) is 0 Å². The van der Waals surface area contributed by atoms with Crippen molar-refractivity contribution < 1.29 is 10.0 Å². The molecule has 0 radical (unpaired) electrons. The molecule has 0 spiro atoms. The lowest BCUT2D eigenvalue weighted by Gasteiger charge is -2.09. The number of nitrogens with two attached hydrogens (primary N) is 1. The van der Waals surface area contributed by atoms with E-state index < -0.39 is 0 Å². The predicted octanol–water partition coefficient (Wildman–Crippen LogP) is -0.208. The van der Waals surface area contributed by atoms with E-state index in [9.17, 15) is 4.79 Å². The van der Waals surface area contributed by atoms with Crippen LogP contribution in [0.3, 0.4) is 0 Å². The maximum Gasteiger partial charge on any atom is 0.223 e. The Labute approximate surface area is 117 Å². The zero-order chi connectivity index (χ0) is 14.4. The molecular formula is C13H19N5O2. The van der Waals surface area contributed by atoms with Gasteiger partial charge in [-0.3, -0.25) is 9.78 Å². The molecule has 0 aliphatic heterocycles. The molecule has 1 saturated carbocycles. The second-order valence-electron chi connectivity index (χ2n) is 4.74. The molecule has 5 N–H and O–H groups in total. The van der Waals surface area contributed by atoms with Gasteiger partial charge in [-0.15, -0.1) is 0 Å². The van der Waals surface area contributed by atoms with Crippen LogP contribution in [0.2, 0.25) is 0 Å². The molecule has 0 aromatic carbocycles. The summed E-state index contributed by atoms with van der Waals surface area (Å²) in [6.45, 7) is 1.79. The van der Waals surface area contributed by atoms with Gasteiger partial charge in [-0.2, -0.15) is 0 Å². The molecule has 2 rings (SSSR count). The Kier molecular flexibility index (Phi) is 4.89. The Morgan fingerprint density at radius 2 is 2.30 bits per heavy atom. The summed E-state index contributed by atoms with van der Waals surface area (Å²) in [5, 5.41) is 17.7. The summed E-state index contributed by atoms with van der Waals surface area (Å²) < 4.78 is 0. The number of aromatic nitrogens is 1. The molecule has 1 aromatic heterocycles. The second-order valence-corrected chi connectivity index (χ2v) is 4.74. The fraction of sp³-hybridized carbons (Fsp3) is 0.462. The van der Waals surface area contributed by atoms with E-state index in [1.807, 2.05) is 6.07 Å². The summed E-state index contributed by atoms with van der Waals surface area (Å²) >= 11 is 0. The van der Waals surface area contributed by atoms with Crippen molar-refractivity contribution in [1.29, 1.82) is 0 Å². The van der Waals surface area contributed by atoms with Gasteiger partial charge < -0.3 is 21.6 Å². The van der Waals surface area contributed by atoms with Gasteiger partial charge in [0.25, 0.3) is 0 Å². The molecule has 1 heterocycles. The van der Waals surface area contributed by atoms with E-state index in [1.54, 1.807) is 12.3 Å². The van der Waals surface area contributed by atoms with E-state index in [1.165, 1.54) is 0 Å². The molecule has 1 aliphatic rings. The number of pyridine rings is 1. The number of nitrogens with zero attached hydrogens (tertiary/aromatic N) is 2. The van der Waals surface area contributed by atoms with Crippen LogP contribution in [0.15, 0.2) is 23.5 Å². The van der Waals surface area contributed by atoms with Gasteiger partial charge in [-0.1, -0.05) is 11.2 Å². The van der Waals surface area contributed by atoms with Gasteiger partial charge in [-0.25, -0.2) is 0 Å². The normalized spacial score (nSPS) is 15.1.